The molecule has 0 saturated heterocycles. The minimum absolute atomic E-state index is 0.163. The summed E-state index contributed by atoms with van der Waals surface area (Å²) in [5, 5.41) is 9.29. The molecular formula is C28H29F3N6O. The molecule has 0 bridgehead atoms. The first-order valence-electron chi connectivity index (χ1n) is 13.1. The molecule has 7 nitrogen and oxygen atoms in total. The Balaban J connectivity index is 1.45. The van der Waals surface area contributed by atoms with E-state index in [4.69, 9.17) is 10.1 Å². The van der Waals surface area contributed by atoms with Gasteiger partial charge in [-0.2, -0.15) is 10.2 Å². The molecule has 3 aromatic heterocycles. The van der Waals surface area contributed by atoms with Gasteiger partial charge in [-0.05, 0) is 57.2 Å². The predicted molar refractivity (Wildman–Crippen MR) is 135 cm³/mol. The van der Waals surface area contributed by atoms with Crippen molar-refractivity contribution in [2.24, 2.45) is 7.05 Å². The van der Waals surface area contributed by atoms with Gasteiger partial charge in [0.2, 0.25) is 0 Å². The Hall–Kier alpha value is -3.69. The quantitative estimate of drug-likeness (QED) is 0.317. The third-order valence-corrected chi connectivity index (χ3v) is 7.80. The third-order valence-electron chi connectivity index (χ3n) is 7.80. The number of carbonyl (C=O) groups is 1. The van der Waals surface area contributed by atoms with Crippen molar-refractivity contribution in [2.45, 2.75) is 70.9 Å². The molecule has 1 aromatic carbocycles. The van der Waals surface area contributed by atoms with Gasteiger partial charge in [0.1, 0.15) is 5.69 Å². The smallest absolute Gasteiger partial charge is 0.273 e. The Morgan fingerprint density at radius 3 is 2.37 bits per heavy atom. The summed E-state index contributed by atoms with van der Waals surface area (Å²) in [7, 11) is 1.70. The van der Waals surface area contributed by atoms with E-state index in [0.29, 0.717) is 47.9 Å². The molecule has 10 heteroatoms. The highest BCUT2D eigenvalue weighted by Gasteiger charge is 2.41. The second-order valence-corrected chi connectivity index (χ2v) is 10.4. The molecule has 1 aliphatic carbocycles. The first kappa shape index (κ1) is 24.6. The first-order valence-corrected chi connectivity index (χ1v) is 13.1. The molecule has 198 valence electrons. The minimum Gasteiger partial charge on any atom is -0.325 e. The number of aromatic nitrogens is 5. The number of halogens is 3. The molecule has 1 saturated carbocycles. The fourth-order valence-electron chi connectivity index (χ4n) is 5.89. The second kappa shape index (κ2) is 8.96. The average Bonchev–Trinajstić information content (AvgIpc) is 3.58. The van der Waals surface area contributed by atoms with E-state index in [1.807, 2.05) is 42.3 Å². The lowest BCUT2D eigenvalue weighted by Crippen LogP contribution is -2.47. The maximum absolute atomic E-state index is 14.1. The molecule has 0 N–H and O–H groups in total. The Morgan fingerprint density at radius 1 is 1.03 bits per heavy atom. The summed E-state index contributed by atoms with van der Waals surface area (Å²) in [6.07, 6.45) is 3.86. The van der Waals surface area contributed by atoms with E-state index < -0.39 is 17.5 Å². The summed E-state index contributed by atoms with van der Waals surface area (Å²) >= 11 is 0. The van der Waals surface area contributed by atoms with Crippen LogP contribution in [0.25, 0.3) is 16.9 Å². The Morgan fingerprint density at radius 2 is 1.74 bits per heavy atom. The molecular weight excluding hydrogens is 493 g/mol. The number of benzene rings is 1. The number of aryl methyl sites for hydroxylation is 2. The monoisotopic (exact) mass is 522 g/mol. The molecule has 0 spiro atoms. The molecule has 1 amide bonds. The van der Waals surface area contributed by atoms with E-state index in [1.54, 1.807) is 11.7 Å². The van der Waals surface area contributed by atoms with Crippen molar-refractivity contribution in [3.63, 3.8) is 0 Å². The number of fused-ring (bicyclic) bond motifs is 2. The van der Waals surface area contributed by atoms with Crippen molar-refractivity contribution < 1.29 is 18.0 Å². The van der Waals surface area contributed by atoms with Crippen LogP contribution < -0.4 is 0 Å². The lowest BCUT2D eigenvalue weighted by Gasteiger charge is -2.41. The number of amides is 1. The molecule has 0 radical (unpaired) electrons. The van der Waals surface area contributed by atoms with Crippen molar-refractivity contribution in [1.29, 1.82) is 0 Å². The predicted octanol–water partition coefficient (Wildman–Crippen LogP) is 5.66. The van der Waals surface area contributed by atoms with Crippen LogP contribution in [0.15, 0.2) is 24.3 Å². The average molecular weight is 523 g/mol. The number of hydrogen-bond acceptors (Lipinski definition) is 4. The lowest BCUT2D eigenvalue weighted by atomic mass is 9.87. The summed E-state index contributed by atoms with van der Waals surface area (Å²) < 4.78 is 45.4. The van der Waals surface area contributed by atoms with Gasteiger partial charge in [0.15, 0.2) is 23.1 Å². The molecule has 6 rings (SSSR count). The van der Waals surface area contributed by atoms with Crippen molar-refractivity contribution in [3.8, 4) is 11.3 Å². The fraction of sp³-hybridized carbons (Fsp3) is 0.429. The van der Waals surface area contributed by atoms with Crippen LogP contribution in [-0.2, 0) is 13.5 Å². The van der Waals surface area contributed by atoms with Gasteiger partial charge in [-0.1, -0.05) is 13.8 Å². The molecule has 1 fully saturated rings. The number of nitrogens with zero attached hydrogens (tertiary/aromatic N) is 6. The Kier molecular flexibility index (Phi) is 5.81. The van der Waals surface area contributed by atoms with Crippen molar-refractivity contribution >= 4 is 11.6 Å². The minimum atomic E-state index is -1.50. The van der Waals surface area contributed by atoms with E-state index in [1.165, 1.54) is 0 Å². The molecule has 4 aromatic rings. The Bertz CT molecular complexity index is 1560. The van der Waals surface area contributed by atoms with Crippen LogP contribution >= 0.6 is 0 Å². The van der Waals surface area contributed by atoms with Crippen LogP contribution in [-0.4, -0.2) is 41.2 Å². The topological polar surface area (TPSA) is 68.3 Å². The number of hydrogen-bond donors (Lipinski definition) is 0. The van der Waals surface area contributed by atoms with Crippen molar-refractivity contribution in [2.75, 3.05) is 0 Å². The zero-order valence-electron chi connectivity index (χ0n) is 21.8. The maximum atomic E-state index is 14.1. The standard InChI is InChI=1S/C28H29F3N6O/c1-5-17-12-18-26(34-35(4)27(18)16-10-19(29)25(31)20(30)11-16)22(6-2)36(17)28(38)21-13-23(15-7-8-15)37-24(32-21)9-14(3)33-37/h9-11,13,15,17,22H,5-8,12H2,1-4H3/t17-,22+/m0/s1. The molecule has 2 atom stereocenters. The van der Waals surface area contributed by atoms with Gasteiger partial charge in [0.05, 0.1) is 23.1 Å². The van der Waals surface area contributed by atoms with Crippen LogP contribution in [0, 0.1) is 24.4 Å². The largest absolute Gasteiger partial charge is 0.325 e. The van der Waals surface area contributed by atoms with Gasteiger partial charge in [-0.3, -0.25) is 9.48 Å². The first-order chi connectivity index (χ1) is 18.2. The number of rotatable bonds is 5. The van der Waals surface area contributed by atoms with E-state index in [0.717, 1.165) is 41.9 Å². The van der Waals surface area contributed by atoms with Gasteiger partial charge in [0, 0.05) is 41.9 Å². The summed E-state index contributed by atoms with van der Waals surface area (Å²) in [5.41, 5.74) is 5.18. The van der Waals surface area contributed by atoms with Gasteiger partial charge in [-0.25, -0.2) is 22.7 Å². The summed E-state index contributed by atoms with van der Waals surface area (Å²) in [4.78, 5) is 20.7. The highest BCUT2D eigenvalue weighted by molar-refractivity contribution is 5.94. The van der Waals surface area contributed by atoms with Gasteiger partial charge in [0.25, 0.3) is 5.91 Å². The zero-order valence-corrected chi connectivity index (χ0v) is 21.8. The van der Waals surface area contributed by atoms with Gasteiger partial charge < -0.3 is 4.90 Å². The van der Waals surface area contributed by atoms with Crippen LogP contribution in [0.1, 0.15) is 84.6 Å². The van der Waals surface area contributed by atoms with Gasteiger partial charge in [-0.15, -0.1) is 0 Å². The molecule has 38 heavy (non-hydrogen) atoms. The van der Waals surface area contributed by atoms with Crippen molar-refractivity contribution in [1.82, 2.24) is 29.3 Å². The van der Waals surface area contributed by atoms with E-state index in [-0.39, 0.29) is 23.6 Å². The van der Waals surface area contributed by atoms with Crippen LogP contribution in [0.4, 0.5) is 13.2 Å². The molecule has 4 heterocycles. The highest BCUT2D eigenvalue weighted by Crippen LogP contribution is 2.43. The van der Waals surface area contributed by atoms with E-state index in [9.17, 15) is 18.0 Å². The molecule has 1 aliphatic heterocycles. The zero-order chi connectivity index (χ0) is 26.9. The van der Waals surface area contributed by atoms with Crippen LogP contribution in [0.3, 0.4) is 0 Å². The third kappa shape index (κ3) is 3.80. The maximum Gasteiger partial charge on any atom is 0.273 e. The van der Waals surface area contributed by atoms with E-state index in [2.05, 4.69) is 5.10 Å². The fourth-order valence-corrected chi connectivity index (χ4v) is 5.89. The summed E-state index contributed by atoms with van der Waals surface area (Å²) in [6.45, 7) is 5.92. The molecule has 0 unspecified atom stereocenters. The SMILES string of the molecule is CC[C@H]1Cc2c(nn(C)c2-c2cc(F)c(F)c(F)c2)[C@@H](CC)N1C(=O)c1cc(C2CC2)n2nc(C)cc2n1. The summed E-state index contributed by atoms with van der Waals surface area (Å²) in [5.74, 6) is -3.78. The Labute approximate surface area is 218 Å². The number of carbonyl (C=O) groups excluding carboxylic acids is 1. The van der Waals surface area contributed by atoms with Crippen molar-refractivity contribution in [3.05, 3.63) is 70.1 Å². The van der Waals surface area contributed by atoms with Gasteiger partial charge >= 0.3 is 0 Å². The van der Waals surface area contributed by atoms with Crippen LogP contribution in [0.2, 0.25) is 0 Å². The highest BCUT2D eigenvalue weighted by atomic mass is 19.2. The summed E-state index contributed by atoms with van der Waals surface area (Å²) in [6, 6.07) is 5.25. The van der Waals surface area contributed by atoms with E-state index >= 15 is 0 Å². The lowest BCUT2D eigenvalue weighted by molar-refractivity contribution is 0.0506. The van der Waals surface area contributed by atoms with Crippen LogP contribution in [0.5, 0.6) is 0 Å². The molecule has 2 aliphatic rings. The normalized spacial score (nSPS) is 19.3. The second-order valence-electron chi connectivity index (χ2n) is 10.4.